The van der Waals surface area contributed by atoms with Crippen LogP contribution in [0.2, 0.25) is 0 Å². The molecule has 0 aromatic heterocycles. The number of methoxy groups -OCH3 is 1. The van der Waals surface area contributed by atoms with Crippen molar-refractivity contribution in [2.45, 2.75) is 25.8 Å². The van der Waals surface area contributed by atoms with Gasteiger partial charge in [0.15, 0.2) is 0 Å². The minimum absolute atomic E-state index is 0.0700. The van der Waals surface area contributed by atoms with Crippen molar-refractivity contribution in [3.63, 3.8) is 0 Å². The van der Waals surface area contributed by atoms with E-state index >= 15 is 0 Å². The number of benzene rings is 1. The van der Waals surface area contributed by atoms with Gasteiger partial charge >= 0.3 is 0 Å². The summed E-state index contributed by atoms with van der Waals surface area (Å²) in [5.41, 5.74) is 1.10. The maximum absolute atomic E-state index is 11.3. The van der Waals surface area contributed by atoms with Crippen molar-refractivity contribution in [1.29, 1.82) is 0 Å². The van der Waals surface area contributed by atoms with Crippen LogP contribution in [0, 0.1) is 0 Å². The molecule has 4 nitrogen and oxygen atoms in total. The van der Waals surface area contributed by atoms with Gasteiger partial charge in [-0.25, -0.2) is 8.42 Å². The second kappa shape index (κ2) is 7.50. The van der Waals surface area contributed by atoms with Crippen molar-refractivity contribution in [2.75, 3.05) is 25.7 Å². The number of hydrogen-bond acceptors (Lipinski definition) is 4. The van der Waals surface area contributed by atoms with Crippen LogP contribution in [0.15, 0.2) is 24.3 Å². The highest BCUT2D eigenvalue weighted by atomic mass is 32.2. The molecular formula is C14H23NO3S. The molecule has 0 fully saturated rings. The minimum atomic E-state index is -2.93. The van der Waals surface area contributed by atoms with Crippen molar-refractivity contribution >= 4 is 9.84 Å². The van der Waals surface area contributed by atoms with Gasteiger partial charge < -0.3 is 10.1 Å². The van der Waals surface area contributed by atoms with Crippen LogP contribution in [0.1, 0.15) is 31.4 Å². The fourth-order valence-corrected chi connectivity index (χ4v) is 2.54. The Bertz CT molecular complexity index is 468. The molecule has 1 unspecified atom stereocenters. The standard InChI is InChI=1S/C14H23NO3S/c1-4-10-15-14(9-11-19(3,16)17)12-5-7-13(18-2)8-6-12/h5-8,14-15H,4,9-11H2,1-3H3. The molecule has 0 saturated heterocycles. The van der Waals surface area contributed by atoms with E-state index in [9.17, 15) is 8.42 Å². The highest BCUT2D eigenvalue weighted by Crippen LogP contribution is 2.20. The van der Waals surface area contributed by atoms with E-state index in [-0.39, 0.29) is 11.8 Å². The predicted molar refractivity (Wildman–Crippen MR) is 78.4 cm³/mol. The molecule has 0 spiro atoms. The van der Waals surface area contributed by atoms with E-state index in [4.69, 9.17) is 4.74 Å². The molecule has 0 aliphatic rings. The predicted octanol–water partition coefficient (Wildman–Crippen LogP) is 2.17. The van der Waals surface area contributed by atoms with Gasteiger partial charge in [0, 0.05) is 12.3 Å². The molecule has 1 rings (SSSR count). The van der Waals surface area contributed by atoms with Crippen molar-refractivity contribution in [1.82, 2.24) is 5.32 Å². The van der Waals surface area contributed by atoms with Crippen LogP contribution in [-0.2, 0) is 9.84 Å². The second-order valence-corrected chi connectivity index (χ2v) is 6.96. The Morgan fingerprint density at radius 1 is 1.26 bits per heavy atom. The summed E-state index contributed by atoms with van der Waals surface area (Å²) in [6.07, 6.45) is 2.88. The van der Waals surface area contributed by atoms with Crippen LogP contribution in [0.3, 0.4) is 0 Å². The van der Waals surface area contributed by atoms with Crippen molar-refractivity contribution in [3.05, 3.63) is 29.8 Å². The summed E-state index contributed by atoms with van der Waals surface area (Å²) in [7, 11) is -1.30. The third kappa shape index (κ3) is 6.07. The molecule has 19 heavy (non-hydrogen) atoms. The fraction of sp³-hybridized carbons (Fsp3) is 0.571. The first-order valence-corrected chi connectivity index (χ1v) is 8.57. The molecule has 0 aliphatic carbocycles. The summed E-state index contributed by atoms with van der Waals surface area (Å²) in [5, 5.41) is 3.39. The first kappa shape index (κ1) is 16.0. The van der Waals surface area contributed by atoms with Gasteiger partial charge in [-0.05, 0) is 37.1 Å². The van der Waals surface area contributed by atoms with Crippen molar-refractivity contribution < 1.29 is 13.2 Å². The normalized spacial score (nSPS) is 13.2. The van der Waals surface area contributed by atoms with Gasteiger partial charge in [-0.2, -0.15) is 0 Å². The molecule has 108 valence electrons. The quantitative estimate of drug-likeness (QED) is 0.795. The van der Waals surface area contributed by atoms with Gasteiger partial charge in [0.25, 0.3) is 0 Å². The van der Waals surface area contributed by atoms with E-state index in [2.05, 4.69) is 12.2 Å². The number of sulfone groups is 1. The Balaban J connectivity index is 2.76. The summed E-state index contributed by atoms with van der Waals surface area (Å²) >= 11 is 0. The first-order chi connectivity index (χ1) is 8.96. The zero-order valence-corrected chi connectivity index (χ0v) is 12.7. The summed E-state index contributed by atoms with van der Waals surface area (Å²) in [6, 6.07) is 7.83. The lowest BCUT2D eigenvalue weighted by Gasteiger charge is -2.19. The van der Waals surface area contributed by atoms with Gasteiger partial charge in [-0.15, -0.1) is 0 Å². The number of hydrogen-bond donors (Lipinski definition) is 1. The van der Waals surface area contributed by atoms with Crippen LogP contribution >= 0.6 is 0 Å². The van der Waals surface area contributed by atoms with Crippen LogP contribution < -0.4 is 10.1 Å². The number of rotatable bonds is 8. The highest BCUT2D eigenvalue weighted by Gasteiger charge is 2.13. The summed E-state index contributed by atoms with van der Waals surface area (Å²) in [5.74, 6) is 1.00. The highest BCUT2D eigenvalue weighted by molar-refractivity contribution is 7.90. The summed E-state index contributed by atoms with van der Waals surface area (Å²) in [4.78, 5) is 0. The summed E-state index contributed by atoms with van der Waals surface area (Å²) < 4.78 is 27.7. The first-order valence-electron chi connectivity index (χ1n) is 6.51. The van der Waals surface area contributed by atoms with E-state index in [0.717, 1.165) is 24.3 Å². The SMILES string of the molecule is CCCNC(CCS(C)(=O)=O)c1ccc(OC)cc1. The maximum atomic E-state index is 11.3. The maximum Gasteiger partial charge on any atom is 0.147 e. The minimum Gasteiger partial charge on any atom is -0.497 e. The largest absolute Gasteiger partial charge is 0.497 e. The molecule has 0 radical (unpaired) electrons. The number of nitrogens with one attached hydrogen (secondary N) is 1. The third-order valence-corrected chi connectivity index (χ3v) is 3.91. The Hall–Kier alpha value is -1.07. The Labute approximate surface area is 116 Å². The van der Waals surface area contributed by atoms with Crippen molar-refractivity contribution in [3.8, 4) is 5.75 Å². The van der Waals surface area contributed by atoms with E-state index in [0.29, 0.717) is 6.42 Å². The van der Waals surface area contributed by atoms with Crippen LogP contribution in [0.25, 0.3) is 0 Å². The molecule has 1 atom stereocenters. The van der Waals surface area contributed by atoms with Gasteiger partial charge in [0.1, 0.15) is 15.6 Å². The van der Waals surface area contributed by atoms with E-state index in [1.165, 1.54) is 6.26 Å². The molecule has 0 aliphatic heterocycles. The van der Waals surface area contributed by atoms with Gasteiger partial charge in [0.2, 0.25) is 0 Å². The lowest BCUT2D eigenvalue weighted by atomic mass is 10.0. The van der Waals surface area contributed by atoms with Crippen LogP contribution in [0.5, 0.6) is 5.75 Å². The van der Waals surface area contributed by atoms with Gasteiger partial charge in [-0.3, -0.25) is 0 Å². The lowest BCUT2D eigenvalue weighted by molar-refractivity contribution is 0.414. The van der Waals surface area contributed by atoms with E-state index in [1.54, 1.807) is 7.11 Å². The molecular weight excluding hydrogens is 262 g/mol. The molecule has 1 aromatic carbocycles. The average Bonchev–Trinajstić information content (AvgIpc) is 2.38. The average molecular weight is 285 g/mol. The second-order valence-electron chi connectivity index (χ2n) is 4.70. The smallest absolute Gasteiger partial charge is 0.147 e. The van der Waals surface area contributed by atoms with Gasteiger partial charge in [-0.1, -0.05) is 19.1 Å². The molecule has 1 N–H and O–H groups in total. The Morgan fingerprint density at radius 3 is 2.37 bits per heavy atom. The van der Waals surface area contributed by atoms with Crippen LogP contribution in [-0.4, -0.2) is 34.1 Å². The van der Waals surface area contributed by atoms with E-state index in [1.807, 2.05) is 24.3 Å². The van der Waals surface area contributed by atoms with Crippen LogP contribution in [0.4, 0.5) is 0 Å². The molecule has 0 saturated carbocycles. The van der Waals surface area contributed by atoms with E-state index < -0.39 is 9.84 Å². The molecule has 5 heteroatoms. The summed E-state index contributed by atoms with van der Waals surface area (Å²) in [6.45, 7) is 2.97. The molecule has 0 amide bonds. The topological polar surface area (TPSA) is 55.4 Å². The molecule has 0 bridgehead atoms. The Kier molecular flexibility index (Phi) is 6.31. The Morgan fingerprint density at radius 2 is 1.89 bits per heavy atom. The third-order valence-electron chi connectivity index (χ3n) is 2.94. The monoisotopic (exact) mass is 285 g/mol. The molecule has 0 heterocycles. The number of ether oxygens (including phenoxy) is 1. The van der Waals surface area contributed by atoms with Gasteiger partial charge in [0.05, 0.1) is 12.9 Å². The zero-order chi connectivity index (χ0) is 14.3. The fourth-order valence-electron chi connectivity index (χ4n) is 1.87. The molecule has 1 aromatic rings. The lowest BCUT2D eigenvalue weighted by Crippen LogP contribution is -2.24. The van der Waals surface area contributed by atoms with Crippen molar-refractivity contribution in [2.24, 2.45) is 0 Å². The zero-order valence-electron chi connectivity index (χ0n) is 11.8.